The van der Waals surface area contributed by atoms with Crippen molar-refractivity contribution < 1.29 is 9.15 Å². The van der Waals surface area contributed by atoms with Crippen molar-refractivity contribution in [1.82, 2.24) is 15.1 Å². The fraction of sp³-hybridized carbons (Fsp3) is 0.750. The van der Waals surface area contributed by atoms with Gasteiger partial charge in [0.2, 0.25) is 0 Å². The molecule has 2 atom stereocenters. The van der Waals surface area contributed by atoms with Gasteiger partial charge in [0.15, 0.2) is 5.96 Å². The number of nitrogens with one attached hydrogen (secondary N) is 1. The first-order chi connectivity index (χ1) is 12.7. The Morgan fingerprint density at radius 1 is 1.37 bits per heavy atom. The van der Waals surface area contributed by atoms with E-state index in [1.807, 2.05) is 6.92 Å². The number of ether oxygens (including phenoxy) is 1. The van der Waals surface area contributed by atoms with Gasteiger partial charge in [-0.2, -0.15) is 0 Å². The molecule has 2 saturated heterocycles. The summed E-state index contributed by atoms with van der Waals surface area (Å²) in [5.74, 6) is 3.59. The summed E-state index contributed by atoms with van der Waals surface area (Å²) in [5.41, 5.74) is 0. The van der Waals surface area contributed by atoms with Crippen LogP contribution >= 0.6 is 24.0 Å². The molecule has 1 aromatic heterocycles. The maximum atomic E-state index is 5.96. The first kappa shape index (κ1) is 22.5. The van der Waals surface area contributed by atoms with Crippen LogP contribution in [0.4, 0.5) is 0 Å². The Morgan fingerprint density at radius 3 is 2.74 bits per heavy atom. The van der Waals surface area contributed by atoms with Gasteiger partial charge in [0.1, 0.15) is 11.5 Å². The molecule has 0 spiro atoms. The van der Waals surface area contributed by atoms with E-state index in [-0.39, 0.29) is 30.0 Å². The molecule has 2 fully saturated rings. The minimum absolute atomic E-state index is 0. The lowest BCUT2D eigenvalue weighted by molar-refractivity contribution is 0.181. The van der Waals surface area contributed by atoms with Crippen molar-refractivity contribution >= 4 is 29.9 Å². The predicted octanol–water partition coefficient (Wildman–Crippen LogP) is 3.28. The number of halogens is 1. The minimum Gasteiger partial charge on any atom is -0.465 e. The number of guanidine groups is 1. The van der Waals surface area contributed by atoms with Crippen molar-refractivity contribution in [2.24, 2.45) is 10.9 Å². The smallest absolute Gasteiger partial charge is 0.193 e. The number of rotatable bonds is 7. The summed E-state index contributed by atoms with van der Waals surface area (Å²) in [7, 11) is 2.13. The first-order valence-electron chi connectivity index (χ1n) is 10.0. The van der Waals surface area contributed by atoms with Crippen LogP contribution < -0.4 is 5.32 Å². The number of furan rings is 1. The maximum absolute atomic E-state index is 5.96. The molecule has 154 valence electrons. The van der Waals surface area contributed by atoms with Crippen LogP contribution in [0.15, 0.2) is 21.5 Å². The third-order valence-electron chi connectivity index (χ3n) is 5.34. The highest BCUT2D eigenvalue weighted by molar-refractivity contribution is 14.0. The zero-order valence-electron chi connectivity index (χ0n) is 16.9. The van der Waals surface area contributed by atoms with Gasteiger partial charge < -0.3 is 19.4 Å². The number of nitrogens with zero attached hydrogens (tertiary/aromatic N) is 3. The molecule has 2 aliphatic rings. The molecular weight excluding hydrogens is 455 g/mol. The van der Waals surface area contributed by atoms with E-state index in [4.69, 9.17) is 14.1 Å². The van der Waals surface area contributed by atoms with Gasteiger partial charge in [-0.3, -0.25) is 9.89 Å². The topological polar surface area (TPSA) is 53.2 Å². The van der Waals surface area contributed by atoms with Gasteiger partial charge in [-0.25, -0.2) is 0 Å². The van der Waals surface area contributed by atoms with Crippen LogP contribution in [0, 0.1) is 12.8 Å². The summed E-state index contributed by atoms with van der Waals surface area (Å²) in [6.45, 7) is 10.7. The van der Waals surface area contributed by atoms with Crippen molar-refractivity contribution in [3.8, 4) is 0 Å². The number of likely N-dealkylation sites (tertiary alicyclic amines) is 1. The largest absolute Gasteiger partial charge is 0.465 e. The van der Waals surface area contributed by atoms with Gasteiger partial charge in [0.25, 0.3) is 0 Å². The molecule has 27 heavy (non-hydrogen) atoms. The number of aliphatic imine (C=N–C) groups is 1. The van der Waals surface area contributed by atoms with Crippen LogP contribution in [0.2, 0.25) is 0 Å². The highest BCUT2D eigenvalue weighted by Crippen LogP contribution is 2.27. The molecule has 0 radical (unpaired) electrons. The Balaban J connectivity index is 0.00000261. The van der Waals surface area contributed by atoms with Gasteiger partial charge in [-0.15, -0.1) is 24.0 Å². The normalized spacial score (nSPS) is 21.9. The molecule has 0 amide bonds. The Labute approximate surface area is 180 Å². The van der Waals surface area contributed by atoms with Gasteiger partial charge >= 0.3 is 0 Å². The van der Waals surface area contributed by atoms with Crippen molar-refractivity contribution in [3.63, 3.8) is 0 Å². The molecule has 0 aliphatic carbocycles. The van der Waals surface area contributed by atoms with Crippen molar-refractivity contribution in [3.05, 3.63) is 23.7 Å². The number of hydrogen-bond donors (Lipinski definition) is 1. The summed E-state index contributed by atoms with van der Waals surface area (Å²) in [6, 6.07) is 4.39. The molecule has 2 unspecified atom stereocenters. The van der Waals surface area contributed by atoms with Crippen molar-refractivity contribution in [2.75, 3.05) is 53.0 Å². The average molecular weight is 490 g/mol. The Morgan fingerprint density at radius 2 is 2.15 bits per heavy atom. The van der Waals surface area contributed by atoms with E-state index in [2.05, 4.69) is 41.2 Å². The van der Waals surface area contributed by atoms with Gasteiger partial charge in [-0.1, -0.05) is 0 Å². The highest BCUT2D eigenvalue weighted by atomic mass is 127. The van der Waals surface area contributed by atoms with Crippen LogP contribution in [0.5, 0.6) is 0 Å². The monoisotopic (exact) mass is 490 g/mol. The van der Waals surface area contributed by atoms with Crippen LogP contribution in [0.3, 0.4) is 0 Å². The van der Waals surface area contributed by atoms with Crippen LogP contribution in [-0.2, 0) is 4.74 Å². The molecule has 1 N–H and O–H groups in total. The van der Waals surface area contributed by atoms with E-state index in [9.17, 15) is 0 Å². The van der Waals surface area contributed by atoms with E-state index in [1.54, 1.807) is 0 Å². The standard InChI is InChI=1S/C20H34N4O2.HI/c1-4-21-20(23(3)14-17-9-12-25-15-17)22-13-18(24-10-5-6-11-24)19-8-7-16(2)26-19;/h7-8,17-18H,4-6,9-15H2,1-3H3,(H,21,22);1H. The van der Waals surface area contributed by atoms with Crippen LogP contribution in [-0.4, -0.2) is 68.7 Å². The summed E-state index contributed by atoms with van der Waals surface area (Å²) < 4.78 is 11.5. The van der Waals surface area contributed by atoms with E-state index in [0.717, 1.165) is 69.8 Å². The average Bonchev–Trinajstić information content (AvgIpc) is 3.37. The Hall–Kier alpha value is -0.800. The maximum Gasteiger partial charge on any atom is 0.193 e. The molecule has 2 aliphatic heterocycles. The van der Waals surface area contributed by atoms with Crippen molar-refractivity contribution in [1.29, 1.82) is 0 Å². The van der Waals surface area contributed by atoms with Gasteiger partial charge in [-0.05, 0) is 58.3 Å². The second-order valence-corrected chi connectivity index (χ2v) is 7.51. The molecular formula is C20H35IN4O2. The zero-order chi connectivity index (χ0) is 18.4. The lowest BCUT2D eigenvalue weighted by Gasteiger charge is -2.27. The van der Waals surface area contributed by atoms with Crippen LogP contribution in [0.1, 0.15) is 43.7 Å². The SMILES string of the molecule is CCNC(=NCC(c1ccc(C)o1)N1CCCC1)N(C)CC1CCOC1.I. The fourth-order valence-corrected chi connectivity index (χ4v) is 3.91. The first-order valence-corrected chi connectivity index (χ1v) is 10.0. The summed E-state index contributed by atoms with van der Waals surface area (Å²) >= 11 is 0. The lowest BCUT2D eigenvalue weighted by atomic mass is 10.1. The Bertz CT molecular complexity index is 580. The zero-order valence-corrected chi connectivity index (χ0v) is 19.3. The quantitative estimate of drug-likeness (QED) is 0.361. The molecule has 3 heterocycles. The van der Waals surface area contributed by atoms with E-state index in [0.29, 0.717) is 5.92 Å². The van der Waals surface area contributed by atoms with Gasteiger partial charge in [0, 0.05) is 32.7 Å². The molecule has 0 saturated carbocycles. The third-order valence-corrected chi connectivity index (χ3v) is 5.34. The lowest BCUT2D eigenvalue weighted by Crippen LogP contribution is -2.42. The molecule has 7 heteroatoms. The predicted molar refractivity (Wildman–Crippen MR) is 120 cm³/mol. The van der Waals surface area contributed by atoms with E-state index < -0.39 is 0 Å². The summed E-state index contributed by atoms with van der Waals surface area (Å²) in [4.78, 5) is 9.73. The summed E-state index contributed by atoms with van der Waals surface area (Å²) in [5, 5.41) is 3.44. The van der Waals surface area contributed by atoms with Gasteiger partial charge in [0.05, 0.1) is 19.2 Å². The second kappa shape index (κ2) is 11.3. The molecule has 6 nitrogen and oxygen atoms in total. The molecule has 0 bridgehead atoms. The molecule has 1 aromatic rings. The minimum atomic E-state index is 0. The number of hydrogen-bond acceptors (Lipinski definition) is 4. The fourth-order valence-electron chi connectivity index (χ4n) is 3.91. The van der Waals surface area contributed by atoms with Crippen molar-refractivity contribution in [2.45, 2.75) is 39.2 Å². The number of aryl methyl sites for hydroxylation is 1. The highest BCUT2D eigenvalue weighted by Gasteiger charge is 2.26. The van der Waals surface area contributed by atoms with E-state index in [1.165, 1.54) is 12.8 Å². The summed E-state index contributed by atoms with van der Waals surface area (Å²) in [6.07, 6.45) is 3.68. The van der Waals surface area contributed by atoms with Crippen LogP contribution in [0.25, 0.3) is 0 Å². The Kier molecular flexibility index (Phi) is 9.38. The molecule has 0 aromatic carbocycles. The van der Waals surface area contributed by atoms with E-state index >= 15 is 0 Å². The second-order valence-electron chi connectivity index (χ2n) is 7.51. The molecule has 3 rings (SSSR count). The third kappa shape index (κ3) is 6.35.